The maximum Gasteiger partial charge on any atom is 0.161 e. The van der Waals surface area contributed by atoms with Gasteiger partial charge in [0.15, 0.2) is 11.5 Å². The summed E-state index contributed by atoms with van der Waals surface area (Å²) >= 11 is 0. The largest absolute Gasteiger partial charge is 0.497 e. The Morgan fingerprint density at radius 2 is 1.67 bits per heavy atom. The third-order valence-corrected chi connectivity index (χ3v) is 3.22. The second kappa shape index (κ2) is 6.99. The van der Waals surface area contributed by atoms with Crippen LogP contribution in [0.2, 0.25) is 0 Å². The lowest BCUT2D eigenvalue weighted by molar-refractivity contribution is 0.106. The smallest absolute Gasteiger partial charge is 0.161 e. The molecule has 112 valence electrons. The maximum atomic E-state index is 10.2. The van der Waals surface area contributed by atoms with E-state index in [4.69, 9.17) is 14.2 Å². The lowest BCUT2D eigenvalue weighted by Crippen LogP contribution is -2.10. The quantitative estimate of drug-likeness (QED) is 0.887. The summed E-state index contributed by atoms with van der Waals surface area (Å²) in [7, 11) is 3.21. The van der Waals surface area contributed by atoms with Crippen molar-refractivity contribution in [1.29, 1.82) is 0 Å². The molecular formula is C17H20O4. The number of methoxy groups -OCH3 is 2. The van der Waals surface area contributed by atoms with E-state index in [1.165, 1.54) is 0 Å². The van der Waals surface area contributed by atoms with E-state index in [-0.39, 0.29) is 6.61 Å². The minimum Gasteiger partial charge on any atom is -0.497 e. The molecule has 0 saturated heterocycles. The molecule has 0 amide bonds. The standard InChI is InChI=1S/C17H20O4/c1-12-4-9-16(17(10-12)20-3)21-11-15(18)13-5-7-14(19-2)8-6-13/h4-10,15,18H,11H2,1-3H3. The van der Waals surface area contributed by atoms with Crippen molar-refractivity contribution >= 4 is 0 Å². The molecule has 1 atom stereocenters. The Labute approximate surface area is 124 Å². The number of aliphatic hydroxyl groups excluding tert-OH is 1. The molecule has 21 heavy (non-hydrogen) atoms. The highest BCUT2D eigenvalue weighted by Crippen LogP contribution is 2.29. The van der Waals surface area contributed by atoms with Crippen molar-refractivity contribution in [3.8, 4) is 17.2 Å². The van der Waals surface area contributed by atoms with E-state index in [2.05, 4.69) is 0 Å². The molecule has 0 aliphatic heterocycles. The first-order valence-corrected chi connectivity index (χ1v) is 6.73. The predicted molar refractivity (Wildman–Crippen MR) is 81.2 cm³/mol. The zero-order chi connectivity index (χ0) is 15.2. The minimum absolute atomic E-state index is 0.158. The van der Waals surface area contributed by atoms with Crippen LogP contribution in [0.15, 0.2) is 42.5 Å². The van der Waals surface area contributed by atoms with Crippen molar-refractivity contribution in [2.75, 3.05) is 20.8 Å². The summed E-state index contributed by atoms with van der Waals surface area (Å²) in [4.78, 5) is 0. The van der Waals surface area contributed by atoms with Crippen molar-refractivity contribution in [2.45, 2.75) is 13.0 Å². The predicted octanol–water partition coefficient (Wildman–Crippen LogP) is 3.12. The van der Waals surface area contributed by atoms with Crippen LogP contribution in [0.3, 0.4) is 0 Å². The third-order valence-electron chi connectivity index (χ3n) is 3.22. The number of aliphatic hydroxyl groups is 1. The Morgan fingerprint density at radius 1 is 0.952 bits per heavy atom. The lowest BCUT2D eigenvalue weighted by Gasteiger charge is -2.15. The van der Waals surface area contributed by atoms with E-state index < -0.39 is 6.10 Å². The highest BCUT2D eigenvalue weighted by molar-refractivity contribution is 5.42. The van der Waals surface area contributed by atoms with E-state index in [1.54, 1.807) is 14.2 Å². The Bertz CT molecular complexity index is 578. The summed E-state index contributed by atoms with van der Waals surface area (Å²) in [5, 5.41) is 10.2. The summed E-state index contributed by atoms with van der Waals surface area (Å²) < 4.78 is 16.0. The van der Waals surface area contributed by atoms with Gasteiger partial charge in [0.25, 0.3) is 0 Å². The van der Waals surface area contributed by atoms with Gasteiger partial charge in [0.1, 0.15) is 18.5 Å². The first kappa shape index (κ1) is 15.2. The monoisotopic (exact) mass is 288 g/mol. The van der Waals surface area contributed by atoms with Gasteiger partial charge in [0.05, 0.1) is 14.2 Å². The van der Waals surface area contributed by atoms with Gasteiger partial charge in [-0.1, -0.05) is 18.2 Å². The maximum absolute atomic E-state index is 10.2. The van der Waals surface area contributed by atoms with E-state index in [0.717, 1.165) is 16.9 Å². The normalized spacial score (nSPS) is 11.8. The van der Waals surface area contributed by atoms with Crippen LogP contribution < -0.4 is 14.2 Å². The molecule has 0 aromatic heterocycles. The van der Waals surface area contributed by atoms with Crippen molar-refractivity contribution in [3.05, 3.63) is 53.6 Å². The molecule has 2 aromatic rings. The molecular weight excluding hydrogens is 268 g/mol. The number of hydrogen-bond donors (Lipinski definition) is 1. The molecule has 0 saturated carbocycles. The van der Waals surface area contributed by atoms with Gasteiger partial charge in [-0.2, -0.15) is 0 Å². The molecule has 0 heterocycles. The van der Waals surface area contributed by atoms with Gasteiger partial charge < -0.3 is 19.3 Å². The summed E-state index contributed by atoms with van der Waals surface area (Å²) in [5.41, 5.74) is 1.87. The molecule has 4 nitrogen and oxygen atoms in total. The van der Waals surface area contributed by atoms with Crippen LogP contribution in [0.4, 0.5) is 0 Å². The first-order valence-electron chi connectivity index (χ1n) is 6.73. The molecule has 4 heteroatoms. The molecule has 0 bridgehead atoms. The fourth-order valence-electron chi connectivity index (χ4n) is 1.99. The average Bonchev–Trinajstić information content (AvgIpc) is 2.53. The molecule has 0 radical (unpaired) electrons. The summed E-state index contributed by atoms with van der Waals surface area (Å²) in [6, 6.07) is 12.9. The molecule has 0 aliphatic rings. The van der Waals surface area contributed by atoms with E-state index in [0.29, 0.717) is 11.5 Å². The SMILES string of the molecule is COc1ccc(C(O)COc2ccc(C)cc2OC)cc1. The van der Waals surface area contributed by atoms with Crippen molar-refractivity contribution < 1.29 is 19.3 Å². The second-order valence-corrected chi connectivity index (χ2v) is 4.75. The van der Waals surface area contributed by atoms with E-state index >= 15 is 0 Å². The molecule has 0 aliphatic carbocycles. The van der Waals surface area contributed by atoms with Crippen LogP contribution in [0.25, 0.3) is 0 Å². The van der Waals surface area contributed by atoms with Gasteiger partial charge in [0, 0.05) is 0 Å². The molecule has 1 N–H and O–H groups in total. The Morgan fingerprint density at radius 3 is 2.29 bits per heavy atom. The number of hydrogen-bond acceptors (Lipinski definition) is 4. The summed E-state index contributed by atoms with van der Waals surface area (Å²) in [5.74, 6) is 2.04. The highest BCUT2D eigenvalue weighted by atomic mass is 16.5. The summed E-state index contributed by atoms with van der Waals surface area (Å²) in [6.07, 6.45) is -0.707. The van der Waals surface area contributed by atoms with Crippen LogP contribution in [0, 0.1) is 6.92 Å². The van der Waals surface area contributed by atoms with E-state index in [1.807, 2.05) is 49.4 Å². The van der Waals surface area contributed by atoms with Gasteiger partial charge in [-0.3, -0.25) is 0 Å². The summed E-state index contributed by atoms with van der Waals surface area (Å²) in [6.45, 7) is 2.14. The van der Waals surface area contributed by atoms with Crippen molar-refractivity contribution in [3.63, 3.8) is 0 Å². The van der Waals surface area contributed by atoms with Gasteiger partial charge in [0.2, 0.25) is 0 Å². The number of rotatable bonds is 6. The number of benzene rings is 2. The topological polar surface area (TPSA) is 47.9 Å². The molecule has 1 unspecified atom stereocenters. The van der Waals surface area contributed by atoms with Crippen molar-refractivity contribution in [1.82, 2.24) is 0 Å². The first-order chi connectivity index (χ1) is 10.1. The number of ether oxygens (including phenoxy) is 3. The lowest BCUT2D eigenvalue weighted by atomic mass is 10.1. The Hall–Kier alpha value is -2.20. The third kappa shape index (κ3) is 3.89. The molecule has 2 aromatic carbocycles. The zero-order valence-corrected chi connectivity index (χ0v) is 12.5. The van der Waals surface area contributed by atoms with Crippen LogP contribution in [0.5, 0.6) is 17.2 Å². The molecule has 0 spiro atoms. The minimum atomic E-state index is -0.707. The van der Waals surface area contributed by atoms with Gasteiger partial charge in [-0.15, -0.1) is 0 Å². The number of aryl methyl sites for hydroxylation is 1. The molecule has 2 rings (SSSR count). The Balaban J connectivity index is 2.01. The van der Waals surface area contributed by atoms with Crippen LogP contribution in [0.1, 0.15) is 17.2 Å². The Kier molecular flexibility index (Phi) is 5.06. The van der Waals surface area contributed by atoms with Crippen LogP contribution in [-0.2, 0) is 0 Å². The van der Waals surface area contributed by atoms with Gasteiger partial charge in [-0.25, -0.2) is 0 Å². The fourth-order valence-corrected chi connectivity index (χ4v) is 1.99. The van der Waals surface area contributed by atoms with E-state index in [9.17, 15) is 5.11 Å². The van der Waals surface area contributed by atoms with Gasteiger partial charge >= 0.3 is 0 Å². The highest BCUT2D eigenvalue weighted by Gasteiger charge is 2.11. The fraction of sp³-hybridized carbons (Fsp3) is 0.294. The second-order valence-electron chi connectivity index (χ2n) is 4.75. The van der Waals surface area contributed by atoms with Crippen LogP contribution in [-0.4, -0.2) is 25.9 Å². The van der Waals surface area contributed by atoms with Crippen LogP contribution >= 0.6 is 0 Å². The van der Waals surface area contributed by atoms with Crippen molar-refractivity contribution in [2.24, 2.45) is 0 Å². The van der Waals surface area contributed by atoms with Gasteiger partial charge in [-0.05, 0) is 42.3 Å². The molecule has 0 fully saturated rings. The average molecular weight is 288 g/mol. The zero-order valence-electron chi connectivity index (χ0n) is 12.5.